The molecule has 0 amide bonds. The van der Waals surface area contributed by atoms with E-state index in [1.165, 1.54) is 17.8 Å². The molecule has 1 aromatic rings. The number of thioether (sulfide) groups is 1. The molecule has 1 aromatic heterocycles. The van der Waals surface area contributed by atoms with Crippen molar-refractivity contribution < 1.29 is 0 Å². The van der Waals surface area contributed by atoms with Gasteiger partial charge >= 0.3 is 0 Å². The summed E-state index contributed by atoms with van der Waals surface area (Å²) < 4.78 is 0. The van der Waals surface area contributed by atoms with Gasteiger partial charge in [-0.2, -0.15) is 11.8 Å². The van der Waals surface area contributed by atoms with Gasteiger partial charge in [0.2, 0.25) is 0 Å². The molecule has 1 rings (SSSR count). The van der Waals surface area contributed by atoms with Crippen molar-refractivity contribution in [3.8, 4) is 0 Å². The fourth-order valence-electron chi connectivity index (χ4n) is 1.71. The van der Waals surface area contributed by atoms with Gasteiger partial charge in [0.1, 0.15) is 17.3 Å². The van der Waals surface area contributed by atoms with E-state index in [1.54, 1.807) is 0 Å². The molecule has 102 valence electrons. The van der Waals surface area contributed by atoms with Crippen molar-refractivity contribution in [1.82, 2.24) is 9.97 Å². The zero-order valence-corrected chi connectivity index (χ0v) is 13.1. The van der Waals surface area contributed by atoms with Crippen LogP contribution in [-0.2, 0) is 0 Å². The Morgan fingerprint density at radius 3 is 2.67 bits per heavy atom. The molecule has 1 N–H and O–H groups in total. The Kier molecular flexibility index (Phi) is 6.79. The lowest BCUT2D eigenvalue weighted by molar-refractivity contribution is 0.754. The first kappa shape index (κ1) is 15.6. The van der Waals surface area contributed by atoms with Gasteiger partial charge in [0.25, 0.3) is 0 Å². The van der Waals surface area contributed by atoms with Crippen LogP contribution in [-0.4, -0.2) is 27.5 Å². The molecule has 0 saturated heterocycles. The average Bonchev–Trinajstić information content (AvgIpc) is 2.28. The third-order valence-electron chi connectivity index (χ3n) is 2.70. The van der Waals surface area contributed by atoms with Crippen molar-refractivity contribution in [3.63, 3.8) is 0 Å². The number of anilines is 1. The maximum atomic E-state index is 6.14. The molecule has 0 aromatic carbocycles. The minimum Gasteiger partial charge on any atom is -0.367 e. The molecule has 0 aliphatic rings. The van der Waals surface area contributed by atoms with Crippen molar-refractivity contribution in [2.24, 2.45) is 0 Å². The number of nitrogens with one attached hydrogen (secondary N) is 1. The zero-order chi connectivity index (χ0) is 13.5. The van der Waals surface area contributed by atoms with Gasteiger partial charge in [-0.15, -0.1) is 0 Å². The number of hydrogen-bond acceptors (Lipinski definition) is 4. The van der Waals surface area contributed by atoms with E-state index in [2.05, 4.69) is 43.0 Å². The highest BCUT2D eigenvalue weighted by Crippen LogP contribution is 2.28. The van der Waals surface area contributed by atoms with Crippen molar-refractivity contribution >= 4 is 29.2 Å². The number of aromatic nitrogens is 2. The van der Waals surface area contributed by atoms with E-state index < -0.39 is 0 Å². The molecule has 3 nitrogen and oxygen atoms in total. The second-order valence-electron chi connectivity index (χ2n) is 4.61. The summed E-state index contributed by atoms with van der Waals surface area (Å²) in [6, 6.07) is 0.396. The van der Waals surface area contributed by atoms with Crippen LogP contribution in [0, 0.1) is 0 Å². The Morgan fingerprint density at radius 2 is 2.06 bits per heavy atom. The molecule has 1 heterocycles. The number of nitrogens with zero attached hydrogens (tertiary/aromatic N) is 2. The molecule has 0 radical (unpaired) electrons. The van der Waals surface area contributed by atoms with Gasteiger partial charge in [0.15, 0.2) is 0 Å². The molecule has 5 heteroatoms. The molecule has 0 bridgehead atoms. The van der Waals surface area contributed by atoms with E-state index in [4.69, 9.17) is 11.6 Å². The lowest BCUT2D eigenvalue weighted by atomic mass is 10.1. The number of rotatable bonds is 7. The van der Waals surface area contributed by atoms with Gasteiger partial charge in [-0.05, 0) is 30.8 Å². The van der Waals surface area contributed by atoms with E-state index in [-0.39, 0.29) is 0 Å². The highest BCUT2D eigenvalue weighted by Gasteiger charge is 2.14. The van der Waals surface area contributed by atoms with Crippen LogP contribution in [0.2, 0.25) is 5.15 Å². The zero-order valence-electron chi connectivity index (χ0n) is 11.5. The number of halogens is 1. The van der Waals surface area contributed by atoms with Crippen LogP contribution in [0.3, 0.4) is 0 Å². The predicted octanol–water partition coefficient (Wildman–Crippen LogP) is 4.20. The van der Waals surface area contributed by atoms with Crippen molar-refractivity contribution in [3.05, 3.63) is 17.0 Å². The molecule has 0 saturated carbocycles. The molecular weight excluding hydrogens is 266 g/mol. The molecule has 0 spiro atoms. The maximum Gasteiger partial charge on any atom is 0.138 e. The fourth-order valence-corrected chi connectivity index (χ4v) is 2.87. The molecule has 18 heavy (non-hydrogen) atoms. The first-order valence-electron chi connectivity index (χ1n) is 6.40. The highest BCUT2D eigenvalue weighted by atomic mass is 35.5. The third-order valence-corrected chi connectivity index (χ3v) is 3.93. The topological polar surface area (TPSA) is 37.8 Å². The standard InChI is InChI=1S/C13H22ClN3S/c1-5-18-7-6-10(4)17-13-11(9(2)3)12(14)15-8-16-13/h8-10H,5-7H2,1-4H3,(H,15,16,17). The first-order chi connectivity index (χ1) is 8.56. The van der Waals surface area contributed by atoms with Crippen LogP contribution in [0.4, 0.5) is 5.82 Å². The minimum atomic E-state index is 0.318. The van der Waals surface area contributed by atoms with Gasteiger partial charge in [-0.3, -0.25) is 0 Å². The Balaban J connectivity index is 2.69. The lowest BCUT2D eigenvalue weighted by Gasteiger charge is -2.18. The SMILES string of the molecule is CCSCCC(C)Nc1ncnc(Cl)c1C(C)C. The van der Waals surface area contributed by atoms with E-state index in [9.17, 15) is 0 Å². The summed E-state index contributed by atoms with van der Waals surface area (Å²) in [6.45, 7) is 8.57. The van der Waals surface area contributed by atoms with Gasteiger partial charge in [0, 0.05) is 11.6 Å². The number of hydrogen-bond donors (Lipinski definition) is 1. The van der Waals surface area contributed by atoms with Crippen LogP contribution in [0.15, 0.2) is 6.33 Å². The van der Waals surface area contributed by atoms with E-state index in [0.29, 0.717) is 17.1 Å². The summed E-state index contributed by atoms with van der Waals surface area (Å²) in [5.41, 5.74) is 1.01. The second kappa shape index (κ2) is 7.85. The summed E-state index contributed by atoms with van der Waals surface area (Å²) in [5.74, 6) is 3.53. The predicted molar refractivity (Wildman–Crippen MR) is 81.8 cm³/mol. The quantitative estimate of drug-likeness (QED) is 0.602. The van der Waals surface area contributed by atoms with Crippen molar-refractivity contribution in [2.75, 3.05) is 16.8 Å². The second-order valence-corrected chi connectivity index (χ2v) is 6.36. The van der Waals surface area contributed by atoms with E-state index in [1.807, 2.05) is 11.8 Å². The van der Waals surface area contributed by atoms with Crippen LogP contribution in [0.5, 0.6) is 0 Å². The van der Waals surface area contributed by atoms with E-state index >= 15 is 0 Å². The molecule has 1 atom stereocenters. The van der Waals surface area contributed by atoms with Crippen LogP contribution in [0.25, 0.3) is 0 Å². The summed E-state index contributed by atoms with van der Waals surface area (Å²) in [4.78, 5) is 8.37. The highest BCUT2D eigenvalue weighted by molar-refractivity contribution is 7.99. The van der Waals surface area contributed by atoms with E-state index in [0.717, 1.165) is 17.8 Å². The largest absolute Gasteiger partial charge is 0.367 e. The Hall–Kier alpha value is -0.480. The van der Waals surface area contributed by atoms with Gasteiger partial charge in [-0.25, -0.2) is 9.97 Å². The molecule has 0 aliphatic heterocycles. The fraction of sp³-hybridized carbons (Fsp3) is 0.692. The monoisotopic (exact) mass is 287 g/mol. The van der Waals surface area contributed by atoms with Gasteiger partial charge < -0.3 is 5.32 Å². The Morgan fingerprint density at radius 1 is 1.33 bits per heavy atom. The van der Waals surface area contributed by atoms with Crippen LogP contribution >= 0.6 is 23.4 Å². The van der Waals surface area contributed by atoms with Gasteiger partial charge in [0.05, 0.1) is 0 Å². The van der Waals surface area contributed by atoms with Crippen molar-refractivity contribution in [2.45, 2.75) is 46.1 Å². The Bertz CT molecular complexity index is 371. The molecule has 0 aliphatic carbocycles. The Labute approximate surface area is 119 Å². The summed E-state index contributed by atoms with van der Waals surface area (Å²) in [5, 5.41) is 4.00. The summed E-state index contributed by atoms with van der Waals surface area (Å²) in [7, 11) is 0. The molecule has 0 fully saturated rings. The third kappa shape index (κ3) is 4.65. The molecular formula is C13H22ClN3S. The maximum absolute atomic E-state index is 6.14. The van der Waals surface area contributed by atoms with Crippen LogP contribution in [0.1, 0.15) is 45.6 Å². The first-order valence-corrected chi connectivity index (χ1v) is 7.94. The smallest absolute Gasteiger partial charge is 0.138 e. The molecule has 1 unspecified atom stereocenters. The minimum absolute atomic E-state index is 0.318. The summed E-state index contributed by atoms with van der Waals surface area (Å²) >= 11 is 8.10. The lowest BCUT2D eigenvalue weighted by Crippen LogP contribution is -2.19. The normalized spacial score (nSPS) is 12.8. The van der Waals surface area contributed by atoms with Gasteiger partial charge in [-0.1, -0.05) is 32.4 Å². The summed E-state index contributed by atoms with van der Waals surface area (Å²) in [6.07, 6.45) is 2.64. The van der Waals surface area contributed by atoms with Crippen LogP contribution < -0.4 is 5.32 Å². The average molecular weight is 288 g/mol. The van der Waals surface area contributed by atoms with Crippen molar-refractivity contribution in [1.29, 1.82) is 0 Å².